The van der Waals surface area contributed by atoms with Gasteiger partial charge in [0.15, 0.2) is 0 Å². The van der Waals surface area contributed by atoms with E-state index in [0.717, 1.165) is 11.4 Å². The molecular weight excluding hydrogens is 226 g/mol. The standard InChI is InChI=1S/C14H13N3O/c1-11(13-7-4-5-9-15-13)17-16-10-12-6-2-3-8-14(12)18/h2-10,18H,1H3/b16-10+,17-11+. The molecule has 0 amide bonds. The van der Waals surface area contributed by atoms with Crippen LogP contribution in [0.4, 0.5) is 0 Å². The van der Waals surface area contributed by atoms with Gasteiger partial charge in [0.25, 0.3) is 0 Å². The van der Waals surface area contributed by atoms with Crippen molar-refractivity contribution in [1.29, 1.82) is 0 Å². The van der Waals surface area contributed by atoms with Crippen molar-refractivity contribution in [3.05, 3.63) is 59.9 Å². The van der Waals surface area contributed by atoms with E-state index in [1.807, 2.05) is 31.2 Å². The lowest BCUT2D eigenvalue weighted by Gasteiger charge is -1.97. The highest BCUT2D eigenvalue weighted by atomic mass is 16.3. The average molecular weight is 239 g/mol. The number of hydrogen-bond donors (Lipinski definition) is 1. The minimum absolute atomic E-state index is 0.187. The van der Waals surface area contributed by atoms with Gasteiger partial charge in [-0.2, -0.15) is 10.2 Å². The van der Waals surface area contributed by atoms with Gasteiger partial charge in [0.05, 0.1) is 17.6 Å². The number of nitrogens with zero attached hydrogens (tertiary/aromatic N) is 3. The minimum atomic E-state index is 0.187. The van der Waals surface area contributed by atoms with E-state index >= 15 is 0 Å². The first-order valence-corrected chi connectivity index (χ1v) is 5.54. The predicted octanol–water partition coefficient (Wildman–Crippen LogP) is 2.63. The maximum atomic E-state index is 9.54. The Morgan fingerprint density at radius 1 is 1.17 bits per heavy atom. The molecule has 0 aliphatic heterocycles. The molecule has 18 heavy (non-hydrogen) atoms. The summed E-state index contributed by atoms with van der Waals surface area (Å²) in [5.74, 6) is 0.187. The van der Waals surface area contributed by atoms with E-state index in [1.165, 1.54) is 6.21 Å². The van der Waals surface area contributed by atoms with Crippen LogP contribution in [0.25, 0.3) is 0 Å². The fraction of sp³-hybridized carbons (Fsp3) is 0.0714. The highest BCUT2D eigenvalue weighted by Gasteiger charge is 1.97. The zero-order valence-electron chi connectivity index (χ0n) is 9.99. The zero-order chi connectivity index (χ0) is 12.8. The van der Waals surface area contributed by atoms with Crippen LogP contribution in [0.3, 0.4) is 0 Å². The van der Waals surface area contributed by atoms with Crippen LogP contribution in [0, 0.1) is 0 Å². The molecule has 2 rings (SSSR count). The van der Waals surface area contributed by atoms with Gasteiger partial charge in [-0.25, -0.2) is 0 Å². The Bertz CT molecular complexity index is 577. The summed E-state index contributed by atoms with van der Waals surface area (Å²) in [4.78, 5) is 4.17. The van der Waals surface area contributed by atoms with Crippen LogP contribution in [0.5, 0.6) is 5.75 Å². The monoisotopic (exact) mass is 239 g/mol. The Morgan fingerprint density at radius 2 is 1.94 bits per heavy atom. The van der Waals surface area contributed by atoms with Gasteiger partial charge in [-0.05, 0) is 31.2 Å². The van der Waals surface area contributed by atoms with Crippen LogP contribution >= 0.6 is 0 Å². The van der Waals surface area contributed by atoms with E-state index in [-0.39, 0.29) is 5.75 Å². The molecule has 1 heterocycles. The summed E-state index contributed by atoms with van der Waals surface area (Å²) in [6.45, 7) is 1.84. The molecule has 0 aliphatic carbocycles. The van der Waals surface area contributed by atoms with E-state index < -0.39 is 0 Å². The lowest BCUT2D eigenvalue weighted by molar-refractivity contribution is 0.474. The average Bonchev–Trinajstić information content (AvgIpc) is 2.42. The number of pyridine rings is 1. The van der Waals surface area contributed by atoms with Crippen LogP contribution < -0.4 is 0 Å². The molecule has 0 radical (unpaired) electrons. The third-order valence-electron chi connectivity index (χ3n) is 2.38. The molecule has 2 aromatic rings. The van der Waals surface area contributed by atoms with Crippen molar-refractivity contribution in [3.63, 3.8) is 0 Å². The Hall–Kier alpha value is -2.49. The summed E-state index contributed by atoms with van der Waals surface area (Å²) in [5.41, 5.74) is 2.14. The third kappa shape index (κ3) is 3.01. The first-order chi connectivity index (χ1) is 8.77. The lowest BCUT2D eigenvalue weighted by Crippen LogP contribution is -1.96. The second kappa shape index (κ2) is 5.72. The van der Waals surface area contributed by atoms with Crippen LogP contribution in [0.15, 0.2) is 58.9 Å². The van der Waals surface area contributed by atoms with Gasteiger partial charge in [0.1, 0.15) is 5.75 Å². The van der Waals surface area contributed by atoms with Gasteiger partial charge < -0.3 is 5.11 Å². The maximum absolute atomic E-state index is 9.54. The molecule has 0 saturated heterocycles. The third-order valence-corrected chi connectivity index (χ3v) is 2.38. The first kappa shape index (κ1) is 12.0. The summed E-state index contributed by atoms with van der Waals surface area (Å²) < 4.78 is 0. The number of phenols is 1. The highest BCUT2D eigenvalue weighted by Crippen LogP contribution is 2.12. The Balaban J connectivity index is 2.14. The molecule has 0 spiro atoms. The van der Waals surface area contributed by atoms with E-state index in [0.29, 0.717) is 5.56 Å². The number of phenolic OH excluding ortho intramolecular Hbond substituents is 1. The van der Waals surface area contributed by atoms with Gasteiger partial charge in [0, 0.05) is 11.8 Å². The van der Waals surface area contributed by atoms with E-state index in [2.05, 4.69) is 15.2 Å². The number of aromatic hydroxyl groups is 1. The predicted molar refractivity (Wildman–Crippen MR) is 72.1 cm³/mol. The van der Waals surface area contributed by atoms with E-state index in [9.17, 15) is 5.11 Å². The van der Waals surface area contributed by atoms with Crippen LogP contribution in [-0.2, 0) is 0 Å². The fourth-order valence-corrected chi connectivity index (χ4v) is 1.40. The number of aromatic nitrogens is 1. The quantitative estimate of drug-likeness (QED) is 0.661. The molecular formula is C14H13N3O. The van der Waals surface area contributed by atoms with Crippen LogP contribution in [-0.4, -0.2) is 22.0 Å². The smallest absolute Gasteiger partial charge is 0.124 e. The van der Waals surface area contributed by atoms with Crippen molar-refractivity contribution in [2.45, 2.75) is 6.92 Å². The number of rotatable bonds is 3. The lowest BCUT2D eigenvalue weighted by atomic mass is 10.2. The fourth-order valence-electron chi connectivity index (χ4n) is 1.40. The first-order valence-electron chi connectivity index (χ1n) is 5.54. The van der Waals surface area contributed by atoms with Gasteiger partial charge in [-0.1, -0.05) is 18.2 Å². The summed E-state index contributed by atoms with van der Waals surface area (Å²) >= 11 is 0. The summed E-state index contributed by atoms with van der Waals surface area (Å²) in [6.07, 6.45) is 3.23. The zero-order valence-corrected chi connectivity index (χ0v) is 9.99. The molecule has 90 valence electrons. The number of benzene rings is 1. The summed E-state index contributed by atoms with van der Waals surface area (Å²) in [7, 11) is 0. The largest absolute Gasteiger partial charge is 0.507 e. The summed E-state index contributed by atoms with van der Waals surface area (Å²) in [6, 6.07) is 12.6. The van der Waals surface area contributed by atoms with Crippen molar-refractivity contribution in [2.24, 2.45) is 10.2 Å². The summed E-state index contributed by atoms with van der Waals surface area (Å²) in [5, 5.41) is 17.5. The Labute approximate surface area is 105 Å². The molecule has 1 N–H and O–H groups in total. The number of para-hydroxylation sites is 1. The Morgan fingerprint density at radius 3 is 2.67 bits per heavy atom. The maximum Gasteiger partial charge on any atom is 0.124 e. The second-order valence-corrected chi connectivity index (χ2v) is 3.70. The van der Waals surface area contributed by atoms with Gasteiger partial charge in [-0.15, -0.1) is 0 Å². The molecule has 0 unspecified atom stereocenters. The van der Waals surface area contributed by atoms with Crippen molar-refractivity contribution in [1.82, 2.24) is 4.98 Å². The molecule has 1 aromatic heterocycles. The van der Waals surface area contributed by atoms with Crippen molar-refractivity contribution < 1.29 is 5.11 Å². The SMILES string of the molecule is C/C(=N\N=C\c1ccccc1O)c1ccccn1. The molecule has 0 aliphatic rings. The molecule has 1 aromatic carbocycles. The molecule has 0 saturated carbocycles. The minimum Gasteiger partial charge on any atom is -0.507 e. The van der Waals surface area contributed by atoms with Gasteiger partial charge in [-0.3, -0.25) is 4.98 Å². The topological polar surface area (TPSA) is 57.8 Å². The molecule has 4 nitrogen and oxygen atoms in total. The van der Waals surface area contributed by atoms with Gasteiger partial charge >= 0.3 is 0 Å². The van der Waals surface area contributed by atoms with Gasteiger partial charge in [0.2, 0.25) is 0 Å². The van der Waals surface area contributed by atoms with Crippen molar-refractivity contribution >= 4 is 11.9 Å². The van der Waals surface area contributed by atoms with E-state index in [1.54, 1.807) is 24.4 Å². The molecule has 0 atom stereocenters. The molecule has 4 heteroatoms. The second-order valence-electron chi connectivity index (χ2n) is 3.70. The molecule has 0 bridgehead atoms. The molecule has 0 fully saturated rings. The van der Waals surface area contributed by atoms with Crippen molar-refractivity contribution in [3.8, 4) is 5.75 Å². The van der Waals surface area contributed by atoms with Crippen LogP contribution in [0.1, 0.15) is 18.2 Å². The highest BCUT2D eigenvalue weighted by molar-refractivity contribution is 5.97. The van der Waals surface area contributed by atoms with Crippen molar-refractivity contribution in [2.75, 3.05) is 0 Å². The normalized spacial score (nSPS) is 11.9. The van der Waals surface area contributed by atoms with Crippen LogP contribution in [0.2, 0.25) is 0 Å². The van der Waals surface area contributed by atoms with E-state index in [4.69, 9.17) is 0 Å². The Kier molecular flexibility index (Phi) is 3.81. The number of hydrogen-bond acceptors (Lipinski definition) is 4.